The summed E-state index contributed by atoms with van der Waals surface area (Å²) in [4.78, 5) is 28.5. The molecule has 0 fully saturated rings. The maximum Gasteiger partial charge on any atom is 0.357 e. The van der Waals surface area contributed by atoms with Crippen LogP contribution in [0.25, 0.3) is 11.0 Å². The normalized spacial score (nSPS) is 11.7. The predicted octanol–water partition coefficient (Wildman–Crippen LogP) is 4.34. The Morgan fingerprint density at radius 3 is 2.63 bits per heavy atom. The third kappa shape index (κ3) is 5.13. The van der Waals surface area contributed by atoms with E-state index in [1.54, 1.807) is 6.07 Å². The average Bonchev–Trinajstić information content (AvgIpc) is 2.63. The van der Waals surface area contributed by atoms with Crippen molar-refractivity contribution in [2.24, 2.45) is 4.36 Å². The summed E-state index contributed by atoms with van der Waals surface area (Å²) < 4.78 is 26.6. The van der Waals surface area contributed by atoms with Crippen LogP contribution >= 0.6 is 0 Å². The van der Waals surface area contributed by atoms with E-state index in [1.807, 2.05) is 19.1 Å². The van der Waals surface area contributed by atoms with E-state index in [2.05, 4.69) is 23.2 Å². The molecule has 7 nitrogen and oxygen atoms in total. The van der Waals surface area contributed by atoms with Gasteiger partial charge in [-0.15, -0.1) is 0 Å². The summed E-state index contributed by atoms with van der Waals surface area (Å²) in [5.41, 5.74) is 3.09. The molecule has 0 N–H and O–H groups in total. The zero-order valence-electron chi connectivity index (χ0n) is 17.6. The highest BCUT2D eigenvalue weighted by molar-refractivity contribution is 7.92. The van der Waals surface area contributed by atoms with Gasteiger partial charge >= 0.3 is 11.6 Å². The van der Waals surface area contributed by atoms with Crippen LogP contribution in [0, 0.1) is 6.92 Å². The van der Waals surface area contributed by atoms with Crippen molar-refractivity contribution in [3.63, 3.8) is 0 Å². The van der Waals surface area contributed by atoms with E-state index < -0.39 is 21.3 Å². The molecule has 0 radical (unpaired) electrons. The second-order valence-corrected chi connectivity index (χ2v) is 10.2. The quantitative estimate of drug-likeness (QED) is 0.443. The molecule has 0 aliphatic carbocycles. The van der Waals surface area contributed by atoms with Crippen molar-refractivity contribution in [3.8, 4) is 0 Å². The number of aromatic nitrogens is 1. The molecule has 0 bridgehead atoms. The minimum Gasteiger partial charge on any atom is -0.456 e. The molecule has 0 spiro atoms. The van der Waals surface area contributed by atoms with E-state index in [4.69, 9.17) is 9.15 Å². The Morgan fingerprint density at radius 2 is 1.97 bits per heavy atom. The van der Waals surface area contributed by atoms with Crippen molar-refractivity contribution in [3.05, 3.63) is 69.3 Å². The zero-order valence-corrected chi connectivity index (χ0v) is 18.4. The summed E-state index contributed by atoms with van der Waals surface area (Å²) in [6.07, 6.45) is 4.42. The summed E-state index contributed by atoms with van der Waals surface area (Å²) in [5, 5.41) is 0.727. The molecule has 0 amide bonds. The summed E-state index contributed by atoms with van der Waals surface area (Å²) in [7, 11) is -2.37. The predicted molar refractivity (Wildman–Crippen MR) is 117 cm³/mol. The smallest absolute Gasteiger partial charge is 0.357 e. The molecule has 2 aromatic heterocycles. The number of carbonyl (C=O) groups excluding carboxylic acids is 1. The first-order chi connectivity index (χ1) is 14.0. The number of ether oxygens (including phenoxy) is 1. The van der Waals surface area contributed by atoms with Crippen molar-refractivity contribution < 1.29 is 18.2 Å². The van der Waals surface area contributed by atoms with Crippen LogP contribution in [-0.2, 0) is 21.1 Å². The van der Waals surface area contributed by atoms with E-state index in [-0.39, 0.29) is 12.3 Å². The number of hydrogen-bond acceptors (Lipinski definition) is 7. The largest absolute Gasteiger partial charge is 0.456 e. The van der Waals surface area contributed by atoms with E-state index in [1.165, 1.54) is 30.8 Å². The molecule has 158 valence electrons. The first kappa shape index (κ1) is 21.7. The van der Waals surface area contributed by atoms with Crippen LogP contribution in [0.5, 0.6) is 0 Å². The second-order valence-electron chi connectivity index (χ2n) is 7.70. The lowest BCUT2D eigenvalue weighted by molar-refractivity contribution is 0.0467. The van der Waals surface area contributed by atoms with Gasteiger partial charge < -0.3 is 9.15 Å². The molecule has 3 aromatic rings. The Balaban J connectivity index is 1.91. The van der Waals surface area contributed by atoms with Gasteiger partial charge in [0.05, 0.1) is 5.69 Å². The molecular weight excluding hydrogens is 404 g/mol. The third-order valence-corrected chi connectivity index (χ3v) is 5.13. The van der Waals surface area contributed by atoms with E-state index in [0.717, 1.165) is 16.5 Å². The van der Waals surface area contributed by atoms with Gasteiger partial charge in [0.2, 0.25) is 0 Å². The van der Waals surface area contributed by atoms with Gasteiger partial charge in [-0.3, -0.25) is 0 Å². The monoisotopic (exact) mass is 428 g/mol. The summed E-state index contributed by atoms with van der Waals surface area (Å²) in [6, 6.07) is 8.12. The molecule has 8 heteroatoms. The maximum absolute atomic E-state index is 12.5. The number of carbonyl (C=O) groups is 1. The molecule has 3 rings (SSSR count). The molecule has 1 aromatic carbocycles. The number of esters is 1. The Kier molecular flexibility index (Phi) is 6.07. The van der Waals surface area contributed by atoms with Gasteiger partial charge in [0.1, 0.15) is 12.2 Å². The third-order valence-electron chi connectivity index (χ3n) is 4.48. The van der Waals surface area contributed by atoms with Crippen LogP contribution in [-0.4, -0.2) is 27.7 Å². The lowest BCUT2D eigenvalue weighted by Gasteiger charge is -2.13. The average molecular weight is 429 g/mol. The number of rotatable bonds is 5. The molecule has 30 heavy (non-hydrogen) atoms. The fourth-order valence-corrected chi connectivity index (χ4v) is 3.81. The zero-order chi connectivity index (χ0) is 22.1. The van der Waals surface area contributed by atoms with Gasteiger partial charge in [-0.05, 0) is 48.2 Å². The Hall–Kier alpha value is -3.00. The van der Waals surface area contributed by atoms with Gasteiger partial charge in [0.15, 0.2) is 5.69 Å². The van der Waals surface area contributed by atoms with Crippen molar-refractivity contribution in [2.75, 3.05) is 12.5 Å². The van der Waals surface area contributed by atoms with Crippen molar-refractivity contribution in [1.82, 2.24) is 4.98 Å². The van der Waals surface area contributed by atoms with Crippen molar-refractivity contribution in [1.29, 1.82) is 0 Å². The Morgan fingerprint density at radius 1 is 1.23 bits per heavy atom. The minimum atomic E-state index is -2.37. The van der Waals surface area contributed by atoms with Gasteiger partial charge in [-0.25, -0.2) is 18.8 Å². The second kappa shape index (κ2) is 8.39. The van der Waals surface area contributed by atoms with E-state index >= 15 is 0 Å². The first-order valence-corrected chi connectivity index (χ1v) is 11.7. The lowest BCUT2D eigenvalue weighted by Crippen LogP contribution is -2.09. The highest BCUT2D eigenvalue weighted by Gasteiger charge is 2.15. The molecule has 0 saturated heterocycles. The van der Waals surface area contributed by atoms with Crippen LogP contribution in [0.2, 0.25) is 0 Å². The van der Waals surface area contributed by atoms with Crippen LogP contribution < -0.4 is 5.63 Å². The summed E-state index contributed by atoms with van der Waals surface area (Å²) in [5.74, 6) is -0.372. The van der Waals surface area contributed by atoms with Crippen LogP contribution in [0.1, 0.15) is 46.9 Å². The van der Waals surface area contributed by atoms with Crippen LogP contribution in [0.15, 0.2) is 50.1 Å². The molecule has 0 atom stereocenters. The highest BCUT2D eigenvalue weighted by Crippen LogP contribution is 2.27. The minimum absolute atomic E-state index is 0.0471. The fourth-order valence-electron chi connectivity index (χ4n) is 3.19. The number of hydrogen-bond donors (Lipinski definition) is 0. The SMILES string of the molecule is Cc1cc2oc(=O)cc(COC(=O)c3cc(N=S(C)(C)=O)ccn3)c2cc1C(C)C. The van der Waals surface area contributed by atoms with Gasteiger partial charge in [-0.1, -0.05) is 13.8 Å². The summed E-state index contributed by atoms with van der Waals surface area (Å²) in [6.45, 7) is 6.03. The van der Waals surface area contributed by atoms with Gasteiger partial charge in [0.25, 0.3) is 0 Å². The number of aryl methyl sites for hydroxylation is 1. The van der Waals surface area contributed by atoms with Crippen LogP contribution in [0.3, 0.4) is 0 Å². The molecule has 0 aliphatic rings. The topological polar surface area (TPSA) is 98.8 Å². The highest BCUT2D eigenvalue weighted by atomic mass is 32.2. The fraction of sp³-hybridized carbons (Fsp3) is 0.318. The number of benzene rings is 1. The maximum atomic E-state index is 12.5. The molecule has 0 unspecified atom stereocenters. The molecular formula is C22H24N2O5S. The van der Waals surface area contributed by atoms with Crippen molar-refractivity contribution in [2.45, 2.75) is 33.3 Å². The first-order valence-electron chi connectivity index (χ1n) is 9.41. The Labute approximate surface area is 175 Å². The van der Waals surface area contributed by atoms with E-state index in [0.29, 0.717) is 22.8 Å². The van der Waals surface area contributed by atoms with Crippen molar-refractivity contribution >= 4 is 32.4 Å². The van der Waals surface area contributed by atoms with E-state index in [9.17, 15) is 13.8 Å². The molecule has 0 aliphatic heterocycles. The number of nitrogens with zero attached hydrogens (tertiary/aromatic N) is 2. The van der Waals surface area contributed by atoms with Crippen LogP contribution in [0.4, 0.5) is 5.69 Å². The number of fused-ring (bicyclic) bond motifs is 1. The molecule has 2 heterocycles. The summed E-state index contributed by atoms with van der Waals surface area (Å²) >= 11 is 0. The van der Waals surface area contributed by atoms with Gasteiger partial charge in [0, 0.05) is 45.5 Å². The lowest BCUT2D eigenvalue weighted by atomic mass is 9.95. The standard InChI is InChI=1S/C22H24N2O5S/c1-13(2)17-11-18-15(9-21(25)29-20(18)8-14(17)3)12-28-22(26)19-10-16(6-7-23-19)24-30(4,5)27/h6-11,13H,12H2,1-5H3. The molecule has 0 saturated carbocycles. The number of pyridine rings is 1. The Bertz CT molecular complexity index is 1290. The van der Waals surface area contributed by atoms with Gasteiger partial charge in [-0.2, -0.15) is 4.36 Å².